The molecule has 19 heavy (non-hydrogen) atoms. The van der Waals surface area contributed by atoms with Crippen LogP contribution in [0.5, 0.6) is 0 Å². The second-order valence-electron chi connectivity index (χ2n) is 6.40. The lowest BCUT2D eigenvalue weighted by Crippen LogP contribution is -2.57. The maximum Gasteiger partial charge on any atom is 0.170 e. The van der Waals surface area contributed by atoms with Crippen LogP contribution in [0.4, 0.5) is 0 Å². The van der Waals surface area contributed by atoms with Crippen molar-refractivity contribution in [3.05, 3.63) is 0 Å². The second-order valence-corrected chi connectivity index (χ2v) is 6.40. The molecular formula is C14H23NO4. The molecule has 4 aliphatic rings. The lowest BCUT2D eigenvalue weighted by atomic mass is 9.86. The third-order valence-electron chi connectivity index (χ3n) is 5.14. The maximum absolute atomic E-state index is 10.4. The summed E-state index contributed by atoms with van der Waals surface area (Å²) in [6, 6.07) is 0.166. The average molecular weight is 269 g/mol. The molecule has 1 aliphatic carbocycles. The fourth-order valence-electron chi connectivity index (χ4n) is 4.17. The van der Waals surface area contributed by atoms with Crippen LogP contribution in [0.25, 0.3) is 0 Å². The SMILES string of the molecule is OC1CCC2(CC1N1CC3CCC(C1)O3)OCCO2. The number of likely N-dealkylation sites (tertiary alicyclic amines) is 1. The molecule has 2 bridgehead atoms. The Balaban J connectivity index is 1.49. The van der Waals surface area contributed by atoms with Crippen LogP contribution in [0.1, 0.15) is 32.1 Å². The molecule has 5 nitrogen and oxygen atoms in total. The molecule has 4 fully saturated rings. The summed E-state index contributed by atoms with van der Waals surface area (Å²) < 4.78 is 17.5. The Bertz CT molecular complexity index is 332. The molecule has 1 saturated carbocycles. The summed E-state index contributed by atoms with van der Waals surface area (Å²) in [6.45, 7) is 3.29. The van der Waals surface area contributed by atoms with E-state index in [1.165, 1.54) is 12.8 Å². The van der Waals surface area contributed by atoms with Gasteiger partial charge >= 0.3 is 0 Å². The minimum Gasteiger partial charge on any atom is -0.391 e. The number of morpholine rings is 1. The Hall–Kier alpha value is -0.200. The van der Waals surface area contributed by atoms with Crippen molar-refractivity contribution < 1.29 is 19.3 Å². The molecule has 0 amide bonds. The van der Waals surface area contributed by atoms with Gasteiger partial charge in [-0.3, -0.25) is 4.90 Å². The Morgan fingerprint density at radius 2 is 1.68 bits per heavy atom. The van der Waals surface area contributed by atoms with Crippen molar-refractivity contribution in [1.82, 2.24) is 4.90 Å². The van der Waals surface area contributed by atoms with Crippen LogP contribution in [0.2, 0.25) is 0 Å². The van der Waals surface area contributed by atoms with Gasteiger partial charge in [0.25, 0.3) is 0 Å². The van der Waals surface area contributed by atoms with Gasteiger partial charge in [-0.25, -0.2) is 0 Å². The van der Waals surface area contributed by atoms with Crippen LogP contribution < -0.4 is 0 Å². The number of ether oxygens (including phenoxy) is 3. The van der Waals surface area contributed by atoms with Crippen LogP contribution in [-0.4, -0.2) is 66.5 Å². The predicted molar refractivity (Wildman–Crippen MR) is 67.7 cm³/mol. The van der Waals surface area contributed by atoms with E-state index in [1.54, 1.807) is 0 Å². The zero-order valence-corrected chi connectivity index (χ0v) is 11.3. The number of aliphatic hydroxyl groups excluding tert-OH is 1. The van der Waals surface area contributed by atoms with Crippen molar-refractivity contribution in [2.24, 2.45) is 0 Å². The molecule has 0 aromatic heterocycles. The smallest absolute Gasteiger partial charge is 0.170 e. The summed E-state index contributed by atoms with van der Waals surface area (Å²) in [5.41, 5.74) is 0. The van der Waals surface area contributed by atoms with Crippen molar-refractivity contribution in [1.29, 1.82) is 0 Å². The maximum atomic E-state index is 10.4. The first-order chi connectivity index (χ1) is 9.24. The molecule has 5 heteroatoms. The summed E-state index contributed by atoms with van der Waals surface area (Å²) in [4.78, 5) is 2.42. The fraction of sp³-hybridized carbons (Fsp3) is 1.00. The summed E-state index contributed by atoms with van der Waals surface area (Å²) in [5.74, 6) is -0.415. The first-order valence-electron chi connectivity index (χ1n) is 7.60. The first kappa shape index (κ1) is 12.5. The summed E-state index contributed by atoms with van der Waals surface area (Å²) in [6.07, 6.45) is 5.22. The Labute approximate surface area is 113 Å². The van der Waals surface area contributed by atoms with Gasteiger partial charge in [-0.2, -0.15) is 0 Å². The van der Waals surface area contributed by atoms with Gasteiger partial charge in [-0.1, -0.05) is 0 Å². The van der Waals surface area contributed by atoms with E-state index in [0.717, 1.165) is 32.4 Å². The highest BCUT2D eigenvalue weighted by atomic mass is 16.7. The van der Waals surface area contributed by atoms with Crippen molar-refractivity contribution in [2.45, 2.75) is 62.2 Å². The van der Waals surface area contributed by atoms with Gasteiger partial charge in [0, 0.05) is 32.0 Å². The van der Waals surface area contributed by atoms with Crippen molar-refractivity contribution in [3.8, 4) is 0 Å². The minimum atomic E-state index is -0.415. The van der Waals surface area contributed by atoms with Gasteiger partial charge in [-0.05, 0) is 19.3 Å². The highest BCUT2D eigenvalue weighted by Crippen LogP contribution is 2.39. The molecule has 1 spiro atoms. The van der Waals surface area contributed by atoms with Crippen LogP contribution in [0.3, 0.4) is 0 Å². The number of aliphatic hydroxyl groups is 1. The fourth-order valence-corrected chi connectivity index (χ4v) is 4.17. The van der Waals surface area contributed by atoms with Crippen LogP contribution in [0, 0.1) is 0 Å². The van der Waals surface area contributed by atoms with E-state index in [4.69, 9.17) is 14.2 Å². The molecule has 3 heterocycles. The molecule has 0 aromatic carbocycles. The van der Waals surface area contributed by atoms with Gasteiger partial charge in [0.1, 0.15) is 0 Å². The minimum absolute atomic E-state index is 0.166. The number of hydrogen-bond donors (Lipinski definition) is 1. The Kier molecular flexibility index (Phi) is 3.08. The van der Waals surface area contributed by atoms with Gasteiger partial charge < -0.3 is 19.3 Å². The lowest BCUT2D eigenvalue weighted by Gasteiger charge is -2.46. The van der Waals surface area contributed by atoms with Gasteiger partial charge in [0.2, 0.25) is 0 Å². The third kappa shape index (κ3) is 2.21. The molecule has 4 atom stereocenters. The van der Waals surface area contributed by atoms with Crippen molar-refractivity contribution in [2.75, 3.05) is 26.3 Å². The summed E-state index contributed by atoms with van der Waals surface area (Å²) in [5, 5.41) is 10.4. The normalized spacial score (nSPS) is 45.9. The predicted octanol–water partition coefficient (Wildman–Crippen LogP) is 0.506. The molecule has 0 radical (unpaired) electrons. The molecule has 108 valence electrons. The van der Waals surface area contributed by atoms with Gasteiger partial charge in [0.05, 0.1) is 31.5 Å². The summed E-state index contributed by atoms with van der Waals surface area (Å²) in [7, 11) is 0. The topological polar surface area (TPSA) is 51.2 Å². The number of fused-ring (bicyclic) bond motifs is 2. The monoisotopic (exact) mass is 269 g/mol. The molecule has 3 saturated heterocycles. The standard InChI is InChI=1S/C14H23NO4/c16-13-3-4-14(17-5-6-18-14)7-12(13)15-8-10-1-2-11(9-15)19-10/h10-13,16H,1-9H2. The zero-order valence-electron chi connectivity index (χ0n) is 11.3. The lowest BCUT2D eigenvalue weighted by molar-refractivity contribution is -0.211. The van der Waals surface area contributed by atoms with E-state index in [2.05, 4.69) is 4.90 Å². The van der Waals surface area contributed by atoms with Crippen LogP contribution in [-0.2, 0) is 14.2 Å². The van der Waals surface area contributed by atoms with Crippen molar-refractivity contribution in [3.63, 3.8) is 0 Å². The number of nitrogens with zero attached hydrogens (tertiary/aromatic N) is 1. The zero-order chi connectivity index (χ0) is 12.9. The average Bonchev–Trinajstić information content (AvgIpc) is 3.00. The van der Waals surface area contributed by atoms with Crippen LogP contribution >= 0.6 is 0 Å². The molecule has 4 unspecified atom stereocenters. The van der Waals surface area contributed by atoms with E-state index in [1.807, 2.05) is 0 Å². The molecule has 4 rings (SSSR count). The van der Waals surface area contributed by atoms with Gasteiger partial charge in [0.15, 0.2) is 5.79 Å². The van der Waals surface area contributed by atoms with E-state index >= 15 is 0 Å². The highest BCUT2D eigenvalue weighted by Gasteiger charge is 2.48. The quantitative estimate of drug-likeness (QED) is 0.751. The van der Waals surface area contributed by atoms with E-state index in [0.29, 0.717) is 25.4 Å². The number of hydrogen-bond acceptors (Lipinski definition) is 5. The van der Waals surface area contributed by atoms with Crippen LogP contribution in [0.15, 0.2) is 0 Å². The van der Waals surface area contributed by atoms with Gasteiger partial charge in [-0.15, -0.1) is 0 Å². The molecular weight excluding hydrogens is 246 g/mol. The molecule has 0 aromatic rings. The van der Waals surface area contributed by atoms with E-state index < -0.39 is 5.79 Å². The molecule has 3 aliphatic heterocycles. The number of rotatable bonds is 1. The van der Waals surface area contributed by atoms with Crippen molar-refractivity contribution >= 4 is 0 Å². The first-order valence-corrected chi connectivity index (χ1v) is 7.60. The highest BCUT2D eigenvalue weighted by molar-refractivity contribution is 4.97. The second kappa shape index (κ2) is 4.67. The van der Waals surface area contributed by atoms with E-state index in [9.17, 15) is 5.11 Å². The van der Waals surface area contributed by atoms with E-state index in [-0.39, 0.29) is 12.1 Å². The Morgan fingerprint density at radius 3 is 2.37 bits per heavy atom. The summed E-state index contributed by atoms with van der Waals surface area (Å²) >= 11 is 0. The Morgan fingerprint density at radius 1 is 1.00 bits per heavy atom. The largest absolute Gasteiger partial charge is 0.391 e. The molecule has 1 N–H and O–H groups in total. The third-order valence-corrected chi connectivity index (χ3v) is 5.14.